The molecule has 0 radical (unpaired) electrons. The second-order valence-corrected chi connectivity index (χ2v) is 8.02. The summed E-state index contributed by atoms with van der Waals surface area (Å²) in [4.78, 5) is 0. The molecule has 0 heterocycles. The number of nitrogens with two attached hydrogens (primary N) is 1. The third kappa shape index (κ3) is 6.35. The minimum Gasteiger partial charge on any atom is -0.387 e. The Bertz CT molecular complexity index is 371. The number of nitrogens with one attached hydrogen (secondary N) is 1. The molecule has 1 atom stereocenters. The molecular formula is C12H27N3O2S. The Morgan fingerprint density at radius 2 is 1.89 bits per heavy atom. The van der Waals surface area contributed by atoms with Gasteiger partial charge in [0, 0.05) is 19.0 Å². The Labute approximate surface area is 111 Å². The molecule has 108 valence electrons. The topological polar surface area (TPSA) is 87.2 Å². The average Bonchev–Trinajstić information content (AvgIpc) is 2.21. The van der Waals surface area contributed by atoms with Crippen molar-refractivity contribution in [3.8, 4) is 0 Å². The molecule has 5 nitrogen and oxygen atoms in total. The highest BCUT2D eigenvalue weighted by Gasteiger charge is 2.25. The predicted molar refractivity (Wildman–Crippen MR) is 76.2 cm³/mol. The van der Waals surface area contributed by atoms with E-state index in [9.17, 15) is 8.42 Å². The van der Waals surface area contributed by atoms with E-state index in [2.05, 4.69) is 0 Å². The highest BCUT2D eigenvalue weighted by molar-refractivity contribution is 7.89. The van der Waals surface area contributed by atoms with E-state index >= 15 is 0 Å². The monoisotopic (exact) mass is 277 g/mol. The van der Waals surface area contributed by atoms with Gasteiger partial charge in [0.2, 0.25) is 10.0 Å². The minimum absolute atomic E-state index is 0.00132. The first-order valence-electron chi connectivity index (χ1n) is 6.31. The molecular weight excluding hydrogens is 250 g/mol. The van der Waals surface area contributed by atoms with Crippen molar-refractivity contribution in [2.45, 2.75) is 41.0 Å². The Morgan fingerprint density at radius 1 is 1.39 bits per heavy atom. The molecule has 0 amide bonds. The highest BCUT2D eigenvalue weighted by Crippen LogP contribution is 2.20. The molecule has 3 N–H and O–H groups in total. The van der Waals surface area contributed by atoms with Crippen molar-refractivity contribution < 1.29 is 8.42 Å². The number of sulfonamides is 1. The van der Waals surface area contributed by atoms with Gasteiger partial charge in [-0.1, -0.05) is 34.6 Å². The van der Waals surface area contributed by atoms with E-state index in [1.165, 1.54) is 4.31 Å². The van der Waals surface area contributed by atoms with Gasteiger partial charge in [-0.15, -0.1) is 0 Å². The van der Waals surface area contributed by atoms with Gasteiger partial charge in [-0.25, -0.2) is 12.7 Å². The van der Waals surface area contributed by atoms with Crippen molar-refractivity contribution in [2.75, 3.05) is 18.8 Å². The number of amidine groups is 1. The maximum Gasteiger partial charge on any atom is 0.214 e. The summed E-state index contributed by atoms with van der Waals surface area (Å²) in [6.45, 7) is 10.4. The van der Waals surface area contributed by atoms with Crippen molar-refractivity contribution in [3.63, 3.8) is 0 Å². The summed E-state index contributed by atoms with van der Waals surface area (Å²) in [6, 6.07) is 0. The molecule has 18 heavy (non-hydrogen) atoms. The van der Waals surface area contributed by atoms with Crippen LogP contribution in [0.2, 0.25) is 0 Å². The van der Waals surface area contributed by atoms with Crippen molar-refractivity contribution >= 4 is 15.9 Å². The largest absolute Gasteiger partial charge is 0.387 e. The Balaban J connectivity index is 4.68. The van der Waals surface area contributed by atoms with Gasteiger partial charge in [0.25, 0.3) is 0 Å². The second-order valence-electron chi connectivity index (χ2n) is 5.93. The maximum absolute atomic E-state index is 12.2. The fraction of sp³-hybridized carbons (Fsp3) is 0.917. The van der Waals surface area contributed by atoms with E-state index < -0.39 is 10.0 Å². The van der Waals surface area contributed by atoms with Crippen LogP contribution < -0.4 is 5.73 Å². The van der Waals surface area contributed by atoms with Crippen LogP contribution in [0.5, 0.6) is 0 Å². The van der Waals surface area contributed by atoms with E-state index in [4.69, 9.17) is 11.1 Å². The number of rotatable bonds is 7. The van der Waals surface area contributed by atoms with Gasteiger partial charge in [-0.3, -0.25) is 5.41 Å². The Morgan fingerprint density at radius 3 is 2.22 bits per heavy atom. The average molecular weight is 277 g/mol. The molecule has 0 aliphatic rings. The molecule has 1 unspecified atom stereocenters. The van der Waals surface area contributed by atoms with Gasteiger partial charge < -0.3 is 5.73 Å². The molecule has 0 rings (SSSR count). The molecule has 0 bridgehead atoms. The van der Waals surface area contributed by atoms with E-state index in [-0.39, 0.29) is 29.5 Å². The van der Waals surface area contributed by atoms with Gasteiger partial charge in [0.15, 0.2) is 0 Å². The normalized spacial score (nSPS) is 14.8. The van der Waals surface area contributed by atoms with Crippen molar-refractivity contribution in [3.05, 3.63) is 0 Å². The first kappa shape index (κ1) is 17.4. The summed E-state index contributed by atoms with van der Waals surface area (Å²) < 4.78 is 25.8. The van der Waals surface area contributed by atoms with Crippen molar-refractivity contribution in [1.82, 2.24) is 4.31 Å². The maximum atomic E-state index is 12.2. The molecule has 0 fully saturated rings. The van der Waals surface area contributed by atoms with Crippen LogP contribution in [0.1, 0.15) is 41.0 Å². The number of hydrogen-bond donors (Lipinski definition) is 2. The van der Waals surface area contributed by atoms with Crippen LogP contribution in [-0.4, -0.2) is 37.4 Å². The van der Waals surface area contributed by atoms with E-state index in [1.54, 1.807) is 6.92 Å². The van der Waals surface area contributed by atoms with Crippen LogP contribution in [0.25, 0.3) is 0 Å². The fourth-order valence-electron chi connectivity index (χ4n) is 1.41. The lowest BCUT2D eigenvalue weighted by Crippen LogP contribution is -2.40. The molecule has 0 aromatic rings. The SMILES string of the molecule is CCN(CC(C)C(=N)N)S(=O)(=O)CCC(C)(C)C. The summed E-state index contributed by atoms with van der Waals surface area (Å²) >= 11 is 0. The quantitative estimate of drug-likeness (QED) is 0.548. The minimum atomic E-state index is -3.25. The predicted octanol–water partition coefficient (Wildman–Crippen LogP) is 1.65. The van der Waals surface area contributed by atoms with E-state index in [0.29, 0.717) is 13.0 Å². The van der Waals surface area contributed by atoms with Gasteiger partial charge in [-0.05, 0) is 11.8 Å². The molecule has 0 saturated carbocycles. The van der Waals surface area contributed by atoms with Crippen LogP contribution in [0, 0.1) is 16.7 Å². The zero-order chi connectivity index (χ0) is 14.6. The second kappa shape index (κ2) is 6.52. The first-order valence-corrected chi connectivity index (χ1v) is 7.92. The van der Waals surface area contributed by atoms with Crippen molar-refractivity contribution in [2.24, 2.45) is 17.1 Å². The summed E-state index contributed by atoms with van der Waals surface area (Å²) in [5.41, 5.74) is 5.39. The number of hydrogen-bond acceptors (Lipinski definition) is 3. The molecule has 0 aliphatic carbocycles. The lowest BCUT2D eigenvalue weighted by atomic mass is 9.94. The van der Waals surface area contributed by atoms with Gasteiger partial charge in [0.1, 0.15) is 0 Å². The van der Waals surface area contributed by atoms with Crippen LogP contribution in [0.3, 0.4) is 0 Å². The van der Waals surface area contributed by atoms with Crippen LogP contribution in [0.15, 0.2) is 0 Å². The number of nitrogens with zero attached hydrogens (tertiary/aromatic N) is 1. The molecule has 0 aromatic heterocycles. The van der Waals surface area contributed by atoms with Crippen LogP contribution in [-0.2, 0) is 10.0 Å². The van der Waals surface area contributed by atoms with E-state index in [0.717, 1.165) is 0 Å². The Kier molecular flexibility index (Phi) is 6.29. The zero-order valence-electron chi connectivity index (χ0n) is 12.2. The summed E-state index contributed by atoms with van der Waals surface area (Å²) in [5, 5.41) is 7.33. The molecule has 0 aromatic carbocycles. The van der Waals surface area contributed by atoms with Crippen LogP contribution >= 0.6 is 0 Å². The van der Waals surface area contributed by atoms with Crippen molar-refractivity contribution in [1.29, 1.82) is 5.41 Å². The Hall–Kier alpha value is -0.620. The van der Waals surface area contributed by atoms with E-state index in [1.807, 2.05) is 27.7 Å². The molecule has 0 spiro atoms. The lowest BCUT2D eigenvalue weighted by Gasteiger charge is -2.25. The van der Waals surface area contributed by atoms with Gasteiger partial charge in [0.05, 0.1) is 11.6 Å². The van der Waals surface area contributed by atoms with Gasteiger partial charge in [-0.2, -0.15) is 0 Å². The lowest BCUT2D eigenvalue weighted by molar-refractivity contribution is 0.375. The summed E-state index contributed by atoms with van der Waals surface area (Å²) in [5.74, 6) is -0.0663. The molecule has 0 aliphatic heterocycles. The zero-order valence-corrected chi connectivity index (χ0v) is 13.0. The summed E-state index contributed by atoms with van der Waals surface area (Å²) in [6.07, 6.45) is 0.625. The molecule has 6 heteroatoms. The summed E-state index contributed by atoms with van der Waals surface area (Å²) in [7, 11) is -3.25. The standard InChI is InChI=1S/C12H27N3O2S/c1-6-15(9-10(2)11(13)14)18(16,17)8-7-12(3,4)5/h10H,6-9H2,1-5H3,(H3,13,14). The fourth-order valence-corrected chi connectivity index (χ4v) is 3.38. The first-order chi connectivity index (χ1) is 7.99. The highest BCUT2D eigenvalue weighted by atomic mass is 32.2. The third-order valence-electron chi connectivity index (χ3n) is 2.86. The third-order valence-corrected chi connectivity index (χ3v) is 4.78. The smallest absolute Gasteiger partial charge is 0.214 e. The molecule has 0 saturated heterocycles. The van der Waals surface area contributed by atoms with Crippen LogP contribution in [0.4, 0.5) is 0 Å². The van der Waals surface area contributed by atoms with Gasteiger partial charge >= 0.3 is 0 Å².